The van der Waals surface area contributed by atoms with Gasteiger partial charge in [0.15, 0.2) is 0 Å². The second kappa shape index (κ2) is 5.48. The van der Waals surface area contributed by atoms with Crippen molar-refractivity contribution in [1.82, 2.24) is 4.98 Å². The molecule has 1 unspecified atom stereocenters. The zero-order valence-electron chi connectivity index (χ0n) is 10.5. The summed E-state index contributed by atoms with van der Waals surface area (Å²) in [6, 6.07) is 8.50. The number of pyridine rings is 1. The summed E-state index contributed by atoms with van der Waals surface area (Å²) in [6.07, 6.45) is 3.95. The maximum atomic E-state index is 13.2. The molecule has 102 valence electrons. The minimum atomic E-state index is -0.225. The molecule has 0 fully saturated rings. The molecular formula is C15H12ClFN2S. The Hall–Kier alpha value is -1.49. The van der Waals surface area contributed by atoms with Gasteiger partial charge in [0, 0.05) is 28.0 Å². The summed E-state index contributed by atoms with van der Waals surface area (Å²) in [7, 11) is 0. The van der Waals surface area contributed by atoms with Crippen LogP contribution in [0.4, 0.5) is 4.39 Å². The molecule has 0 bridgehead atoms. The molecule has 2 heterocycles. The number of halogens is 2. The maximum Gasteiger partial charge on any atom is 0.124 e. The van der Waals surface area contributed by atoms with E-state index in [9.17, 15) is 4.39 Å². The first-order chi connectivity index (χ1) is 9.63. The molecule has 2 nitrogen and oxygen atoms in total. The number of rotatable bonds is 3. The molecule has 0 amide bonds. The summed E-state index contributed by atoms with van der Waals surface area (Å²) in [5.41, 5.74) is 7.21. The minimum Gasteiger partial charge on any atom is -0.323 e. The van der Waals surface area contributed by atoms with Crippen LogP contribution in [-0.4, -0.2) is 4.98 Å². The van der Waals surface area contributed by atoms with Gasteiger partial charge in [0.2, 0.25) is 0 Å². The van der Waals surface area contributed by atoms with Gasteiger partial charge < -0.3 is 5.73 Å². The zero-order valence-corrected chi connectivity index (χ0v) is 12.1. The smallest absolute Gasteiger partial charge is 0.124 e. The van der Waals surface area contributed by atoms with Crippen molar-refractivity contribution in [3.05, 3.63) is 64.0 Å². The molecular weight excluding hydrogens is 295 g/mol. The monoisotopic (exact) mass is 306 g/mol. The Morgan fingerprint density at radius 2 is 2.15 bits per heavy atom. The molecule has 0 aliphatic rings. The Morgan fingerprint density at radius 3 is 2.95 bits per heavy atom. The van der Waals surface area contributed by atoms with Crippen LogP contribution in [0.1, 0.15) is 16.5 Å². The van der Waals surface area contributed by atoms with Crippen molar-refractivity contribution in [3.8, 4) is 0 Å². The van der Waals surface area contributed by atoms with Crippen LogP contribution in [0.25, 0.3) is 10.1 Å². The highest BCUT2D eigenvalue weighted by molar-refractivity contribution is 7.19. The summed E-state index contributed by atoms with van der Waals surface area (Å²) in [4.78, 5) is 4.98. The van der Waals surface area contributed by atoms with E-state index in [0.717, 1.165) is 20.5 Å². The summed E-state index contributed by atoms with van der Waals surface area (Å²) >= 11 is 7.61. The van der Waals surface area contributed by atoms with Crippen molar-refractivity contribution in [1.29, 1.82) is 0 Å². The van der Waals surface area contributed by atoms with Crippen LogP contribution < -0.4 is 5.73 Å². The molecule has 0 aliphatic carbocycles. The molecule has 0 saturated carbocycles. The van der Waals surface area contributed by atoms with Crippen molar-refractivity contribution < 1.29 is 4.39 Å². The van der Waals surface area contributed by atoms with Crippen LogP contribution in [-0.2, 0) is 6.42 Å². The molecule has 1 aromatic carbocycles. The van der Waals surface area contributed by atoms with Gasteiger partial charge in [-0.1, -0.05) is 17.7 Å². The Labute approximate surface area is 125 Å². The van der Waals surface area contributed by atoms with E-state index in [-0.39, 0.29) is 11.9 Å². The molecule has 5 heteroatoms. The molecule has 0 spiro atoms. The molecule has 1 atom stereocenters. The molecule has 20 heavy (non-hydrogen) atoms. The van der Waals surface area contributed by atoms with E-state index in [4.69, 9.17) is 17.3 Å². The second-order valence-corrected chi connectivity index (χ2v) is 6.13. The van der Waals surface area contributed by atoms with Crippen LogP contribution >= 0.6 is 22.9 Å². The van der Waals surface area contributed by atoms with E-state index < -0.39 is 0 Å². The number of aromatic nitrogens is 1. The van der Waals surface area contributed by atoms with Crippen LogP contribution in [0.15, 0.2) is 42.7 Å². The molecule has 0 aliphatic heterocycles. The van der Waals surface area contributed by atoms with Crippen molar-refractivity contribution in [2.75, 3.05) is 0 Å². The molecule has 2 N–H and O–H groups in total. The fourth-order valence-electron chi connectivity index (χ4n) is 2.12. The van der Waals surface area contributed by atoms with Gasteiger partial charge in [0.25, 0.3) is 0 Å². The maximum absolute atomic E-state index is 13.2. The van der Waals surface area contributed by atoms with Crippen molar-refractivity contribution in [2.24, 2.45) is 5.73 Å². The zero-order chi connectivity index (χ0) is 14.1. The largest absolute Gasteiger partial charge is 0.323 e. The van der Waals surface area contributed by atoms with Gasteiger partial charge in [-0.25, -0.2) is 4.39 Å². The van der Waals surface area contributed by atoms with Gasteiger partial charge in [-0.3, -0.25) is 4.98 Å². The fourth-order valence-corrected chi connectivity index (χ4v) is 3.40. The SMILES string of the molecule is NC(Cc1ccncc1Cl)c1cc2ccc(F)cc2s1. The highest BCUT2D eigenvalue weighted by Gasteiger charge is 2.13. The van der Waals surface area contributed by atoms with Gasteiger partial charge in [-0.05, 0) is 41.6 Å². The Morgan fingerprint density at radius 1 is 1.30 bits per heavy atom. The number of hydrogen-bond acceptors (Lipinski definition) is 3. The first-order valence-electron chi connectivity index (χ1n) is 6.16. The van der Waals surface area contributed by atoms with Crippen LogP contribution in [0, 0.1) is 5.82 Å². The number of nitrogens with zero attached hydrogens (tertiary/aromatic N) is 1. The van der Waals surface area contributed by atoms with Crippen molar-refractivity contribution in [3.63, 3.8) is 0 Å². The normalized spacial score (nSPS) is 12.8. The van der Waals surface area contributed by atoms with Crippen LogP contribution in [0.2, 0.25) is 5.02 Å². The lowest BCUT2D eigenvalue weighted by molar-refractivity contribution is 0.630. The quantitative estimate of drug-likeness (QED) is 0.782. The number of thiophene rings is 1. The summed E-state index contributed by atoms with van der Waals surface area (Å²) < 4.78 is 14.1. The highest BCUT2D eigenvalue weighted by atomic mass is 35.5. The minimum absolute atomic E-state index is 0.157. The molecule has 3 rings (SSSR count). The average molecular weight is 307 g/mol. The highest BCUT2D eigenvalue weighted by Crippen LogP contribution is 2.31. The molecule has 0 saturated heterocycles. The number of nitrogens with two attached hydrogens (primary N) is 1. The van der Waals surface area contributed by atoms with E-state index in [1.165, 1.54) is 23.5 Å². The summed E-state index contributed by atoms with van der Waals surface area (Å²) in [6.45, 7) is 0. The second-order valence-electron chi connectivity index (χ2n) is 4.61. The lowest BCUT2D eigenvalue weighted by atomic mass is 10.1. The van der Waals surface area contributed by atoms with E-state index in [1.54, 1.807) is 18.5 Å². The van der Waals surface area contributed by atoms with Gasteiger partial charge >= 0.3 is 0 Å². The van der Waals surface area contributed by atoms with Crippen molar-refractivity contribution >= 4 is 33.0 Å². The fraction of sp³-hybridized carbons (Fsp3) is 0.133. The summed E-state index contributed by atoms with van der Waals surface area (Å²) in [5.74, 6) is -0.225. The number of benzene rings is 1. The first kappa shape index (κ1) is 13.5. The Bertz CT molecular complexity index is 756. The predicted octanol–water partition coefficient (Wildman–Crippen LogP) is 4.33. The third-order valence-electron chi connectivity index (χ3n) is 3.16. The van der Waals surface area contributed by atoms with Crippen molar-refractivity contribution in [2.45, 2.75) is 12.5 Å². The van der Waals surface area contributed by atoms with Crippen LogP contribution in [0.3, 0.4) is 0 Å². The first-order valence-corrected chi connectivity index (χ1v) is 7.36. The van der Waals surface area contributed by atoms with Gasteiger partial charge in [-0.2, -0.15) is 0 Å². The van der Waals surface area contributed by atoms with E-state index in [2.05, 4.69) is 4.98 Å². The Kier molecular flexibility index (Phi) is 3.70. The van der Waals surface area contributed by atoms with Gasteiger partial charge in [-0.15, -0.1) is 11.3 Å². The van der Waals surface area contributed by atoms with Gasteiger partial charge in [0.05, 0.1) is 5.02 Å². The lowest BCUT2D eigenvalue weighted by Crippen LogP contribution is -2.12. The van der Waals surface area contributed by atoms with E-state index in [1.807, 2.05) is 12.1 Å². The molecule has 2 aromatic heterocycles. The lowest BCUT2D eigenvalue weighted by Gasteiger charge is -2.10. The number of hydrogen-bond donors (Lipinski definition) is 1. The number of fused-ring (bicyclic) bond motifs is 1. The Balaban J connectivity index is 1.89. The van der Waals surface area contributed by atoms with Gasteiger partial charge in [0.1, 0.15) is 5.82 Å². The summed E-state index contributed by atoms with van der Waals surface area (Å²) in [5, 5.41) is 1.64. The average Bonchev–Trinajstić information content (AvgIpc) is 2.84. The molecule has 3 aromatic rings. The topological polar surface area (TPSA) is 38.9 Å². The standard InChI is InChI=1S/C15H12ClFN2S/c16-12-8-19-4-3-9(12)5-13(18)15-6-10-1-2-11(17)7-14(10)20-15/h1-4,6-8,13H,5,18H2. The third-order valence-corrected chi connectivity index (χ3v) is 4.73. The molecule has 0 radical (unpaired) electrons. The third kappa shape index (κ3) is 2.68. The van der Waals surface area contributed by atoms with Crippen LogP contribution in [0.5, 0.6) is 0 Å². The van der Waals surface area contributed by atoms with E-state index >= 15 is 0 Å². The predicted molar refractivity (Wildman–Crippen MR) is 81.7 cm³/mol. The van der Waals surface area contributed by atoms with E-state index in [0.29, 0.717) is 11.4 Å².